The zero-order valence-corrected chi connectivity index (χ0v) is 8.44. The highest BCUT2D eigenvalue weighted by atomic mass is 16.5. The summed E-state index contributed by atoms with van der Waals surface area (Å²) in [5, 5.41) is 48.4. The molecule has 0 spiro atoms. The van der Waals surface area contributed by atoms with Gasteiger partial charge in [0.05, 0.1) is 0 Å². The Kier molecular flexibility index (Phi) is 9.41. The van der Waals surface area contributed by atoms with Gasteiger partial charge in [0.2, 0.25) is 0 Å². The fourth-order valence-corrected chi connectivity index (χ4v) is 0.937. The molecule has 0 heterocycles. The fraction of sp³-hybridized carbons (Fsp3) is 1.00. The first-order valence-electron chi connectivity index (χ1n) is 4.06. The van der Waals surface area contributed by atoms with E-state index in [0.717, 1.165) is 0 Å². The van der Waals surface area contributed by atoms with E-state index in [4.69, 9.17) is 30.4 Å². The van der Waals surface area contributed by atoms with Gasteiger partial charge in [-0.2, -0.15) is 0 Å². The first-order valence-corrected chi connectivity index (χ1v) is 4.06. The van der Waals surface area contributed by atoms with Gasteiger partial charge in [0, 0.05) is 0 Å². The molecular formula is C6H18BNO6. The molecule has 3 atom stereocenters. The van der Waals surface area contributed by atoms with E-state index in [2.05, 4.69) is 0 Å². The summed E-state index contributed by atoms with van der Waals surface area (Å²) in [6, 6.07) is 0. The molecule has 0 rings (SSSR count). The maximum Gasteiger partial charge on any atom is 0.631 e. The number of hydrogen-bond acceptors (Lipinski definition) is 7. The minimum absolute atomic E-state index is 0.833. The van der Waals surface area contributed by atoms with E-state index in [1.807, 2.05) is 0 Å². The van der Waals surface area contributed by atoms with Crippen LogP contribution in [-0.2, 0) is 0 Å². The van der Waals surface area contributed by atoms with Gasteiger partial charge in [0.15, 0.2) is 0 Å². The predicted octanol–water partition coefficient (Wildman–Crippen LogP) is -2.75. The number of aliphatic hydroxyl groups excluding tert-OH is 3. The lowest BCUT2D eigenvalue weighted by Gasteiger charge is -2.30. The van der Waals surface area contributed by atoms with Crippen molar-refractivity contribution >= 4 is 7.32 Å². The Hall–Kier alpha value is -0.215. The first kappa shape index (κ1) is 16.2. The van der Waals surface area contributed by atoms with E-state index in [1.165, 1.54) is 25.7 Å². The molecule has 0 fully saturated rings. The lowest BCUT2D eigenvalue weighted by Crippen LogP contribution is -2.45. The molecule has 0 radical (unpaired) electrons. The van der Waals surface area contributed by atoms with Crippen molar-refractivity contribution in [3.05, 3.63) is 0 Å². The lowest BCUT2D eigenvalue weighted by molar-refractivity contribution is -0.159. The Balaban J connectivity index is 0. The van der Waals surface area contributed by atoms with Crippen molar-refractivity contribution in [2.75, 3.05) is 0 Å². The second kappa shape index (κ2) is 8.12. The minimum atomic E-state index is -2.17. The molecule has 86 valence electrons. The van der Waals surface area contributed by atoms with Gasteiger partial charge in [0.25, 0.3) is 0 Å². The van der Waals surface area contributed by atoms with Crippen LogP contribution >= 0.6 is 0 Å². The first-order chi connectivity index (χ1) is 6.20. The molecule has 7 nitrogen and oxygen atoms in total. The van der Waals surface area contributed by atoms with Crippen molar-refractivity contribution in [1.29, 1.82) is 0 Å². The van der Waals surface area contributed by atoms with Crippen LogP contribution in [0.5, 0.6) is 0 Å². The highest BCUT2D eigenvalue weighted by Crippen LogP contribution is 2.04. The van der Waals surface area contributed by atoms with Crippen LogP contribution in [0, 0.1) is 0 Å². The minimum Gasteiger partial charge on any atom is -0.402 e. The quantitative estimate of drug-likeness (QED) is 0.221. The van der Waals surface area contributed by atoms with Gasteiger partial charge in [0.1, 0.15) is 18.7 Å². The van der Waals surface area contributed by atoms with Crippen molar-refractivity contribution in [2.45, 2.75) is 39.5 Å². The lowest BCUT2D eigenvalue weighted by atomic mass is 10.3. The van der Waals surface area contributed by atoms with E-state index in [9.17, 15) is 0 Å². The predicted molar refractivity (Wildman–Crippen MR) is 49.3 cm³/mol. The normalized spacial score (nSPS) is 16.7. The number of rotatable bonds is 3. The summed E-state index contributed by atoms with van der Waals surface area (Å²) < 4.78 is 0. The molecule has 14 heavy (non-hydrogen) atoms. The third kappa shape index (κ3) is 9.87. The summed E-state index contributed by atoms with van der Waals surface area (Å²) >= 11 is 0. The molecule has 0 aromatic heterocycles. The molecular weight excluding hydrogens is 193 g/mol. The fourth-order valence-electron chi connectivity index (χ4n) is 0.937. The molecule has 0 aliphatic carbocycles. The summed E-state index contributed by atoms with van der Waals surface area (Å²) in [4.78, 5) is 1.17. The molecule has 0 saturated carbocycles. The maximum atomic E-state index is 8.96. The van der Waals surface area contributed by atoms with E-state index in [1.54, 1.807) is 0 Å². The van der Waals surface area contributed by atoms with E-state index in [-0.39, 0.29) is 0 Å². The molecule has 0 aromatic carbocycles. The van der Waals surface area contributed by atoms with Gasteiger partial charge in [-0.05, 0) is 20.8 Å². The van der Waals surface area contributed by atoms with Crippen LogP contribution in [-0.4, -0.2) is 61.3 Å². The van der Waals surface area contributed by atoms with Crippen LogP contribution in [0.3, 0.4) is 0 Å². The average molecular weight is 211 g/mol. The third-order valence-corrected chi connectivity index (χ3v) is 1.29. The van der Waals surface area contributed by atoms with Crippen molar-refractivity contribution < 1.29 is 30.4 Å². The largest absolute Gasteiger partial charge is 0.631 e. The van der Waals surface area contributed by atoms with Gasteiger partial charge in [-0.15, -0.1) is 0 Å². The molecule has 6 N–H and O–H groups in total. The Morgan fingerprint density at radius 3 is 0.929 bits per heavy atom. The second-order valence-electron chi connectivity index (χ2n) is 2.69. The molecule has 0 aromatic rings. The monoisotopic (exact) mass is 211 g/mol. The van der Waals surface area contributed by atoms with Crippen molar-refractivity contribution in [2.24, 2.45) is 0 Å². The Morgan fingerprint density at radius 1 is 0.786 bits per heavy atom. The summed E-state index contributed by atoms with van der Waals surface area (Å²) in [6.45, 7) is 4.46. The summed E-state index contributed by atoms with van der Waals surface area (Å²) in [5.74, 6) is 0. The molecule has 0 saturated heterocycles. The number of aliphatic hydroxyl groups is 3. The van der Waals surface area contributed by atoms with Crippen LogP contribution in [0.4, 0.5) is 0 Å². The Bertz CT molecular complexity index is 110. The van der Waals surface area contributed by atoms with Crippen LogP contribution in [0.15, 0.2) is 0 Å². The smallest absolute Gasteiger partial charge is 0.402 e. The Morgan fingerprint density at radius 2 is 0.929 bits per heavy atom. The van der Waals surface area contributed by atoms with Crippen molar-refractivity contribution in [1.82, 2.24) is 4.90 Å². The molecule has 8 heteroatoms. The standard InChI is InChI=1S/C6H15NO3.BH3O3/c1-4(8)7(5(2)9)6(3)10;2-1(3)4/h4-6,8-10H,1-3H3;2-4H. The van der Waals surface area contributed by atoms with Crippen molar-refractivity contribution in [3.8, 4) is 0 Å². The van der Waals surface area contributed by atoms with Gasteiger partial charge in [-0.25, -0.2) is 4.90 Å². The van der Waals surface area contributed by atoms with Gasteiger partial charge < -0.3 is 30.4 Å². The molecule has 0 aliphatic heterocycles. The van der Waals surface area contributed by atoms with Crippen molar-refractivity contribution in [3.63, 3.8) is 0 Å². The second-order valence-corrected chi connectivity index (χ2v) is 2.69. The average Bonchev–Trinajstić information content (AvgIpc) is 1.80. The molecule has 0 bridgehead atoms. The summed E-state index contributed by atoms with van der Waals surface area (Å²) in [5.41, 5.74) is 0. The zero-order chi connectivity index (χ0) is 11.9. The van der Waals surface area contributed by atoms with E-state index in [0.29, 0.717) is 0 Å². The molecule has 0 amide bonds. The van der Waals surface area contributed by atoms with Crippen LogP contribution in [0.25, 0.3) is 0 Å². The summed E-state index contributed by atoms with van der Waals surface area (Å²) in [6.07, 6.45) is -2.50. The third-order valence-electron chi connectivity index (χ3n) is 1.29. The highest BCUT2D eigenvalue weighted by molar-refractivity contribution is 6.30. The zero-order valence-electron chi connectivity index (χ0n) is 8.44. The maximum absolute atomic E-state index is 8.96. The van der Waals surface area contributed by atoms with Crippen LogP contribution < -0.4 is 0 Å². The van der Waals surface area contributed by atoms with E-state index >= 15 is 0 Å². The Labute approximate surface area is 83.0 Å². The van der Waals surface area contributed by atoms with Gasteiger partial charge >= 0.3 is 7.32 Å². The van der Waals surface area contributed by atoms with Crippen LogP contribution in [0.1, 0.15) is 20.8 Å². The number of nitrogens with zero attached hydrogens (tertiary/aromatic N) is 1. The summed E-state index contributed by atoms with van der Waals surface area (Å²) in [7, 11) is -2.17. The highest BCUT2D eigenvalue weighted by Gasteiger charge is 2.20. The topological polar surface area (TPSA) is 125 Å². The SMILES string of the molecule is CC(O)N(C(C)O)C(C)O.OB(O)O. The van der Waals surface area contributed by atoms with Gasteiger partial charge in [-0.1, -0.05) is 0 Å². The van der Waals surface area contributed by atoms with E-state index < -0.39 is 26.0 Å². The number of hydrogen-bond donors (Lipinski definition) is 6. The molecule has 3 unspecified atom stereocenters. The van der Waals surface area contributed by atoms with Gasteiger partial charge in [-0.3, -0.25) is 0 Å². The molecule has 0 aliphatic rings. The van der Waals surface area contributed by atoms with Crippen LogP contribution in [0.2, 0.25) is 0 Å².